The first-order chi connectivity index (χ1) is 14.5. The van der Waals surface area contributed by atoms with E-state index in [-0.39, 0.29) is 17.5 Å². The predicted molar refractivity (Wildman–Crippen MR) is 118 cm³/mol. The highest BCUT2D eigenvalue weighted by Gasteiger charge is 2.14. The number of ether oxygens (including phenoxy) is 1. The third kappa shape index (κ3) is 4.54. The molecule has 0 unspecified atom stereocenters. The number of imidazole rings is 1. The van der Waals surface area contributed by atoms with Gasteiger partial charge in [-0.25, -0.2) is 9.37 Å². The minimum absolute atomic E-state index is 0.139. The third-order valence-electron chi connectivity index (χ3n) is 4.90. The number of aromatic nitrogens is 2. The molecule has 4 nitrogen and oxygen atoms in total. The van der Waals surface area contributed by atoms with Crippen molar-refractivity contribution in [2.24, 2.45) is 0 Å². The molecule has 4 aromatic rings. The van der Waals surface area contributed by atoms with E-state index >= 15 is 0 Å². The van der Waals surface area contributed by atoms with Gasteiger partial charge in [0.2, 0.25) is 0 Å². The first-order valence-corrected chi connectivity index (χ1v) is 10.6. The molecule has 0 aliphatic heterocycles. The number of benzene rings is 3. The van der Waals surface area contributed by atoms with Crippen molar-refractivity contribution in [1.29, 1.82) is 0 Å². The Morgan fingerprint density at radius 2 is 1.80 bits per heavy atom. The van der Waals surface area contributed by atoms with Crippen molar-refractivity contribution in [3.05, 3.63) is 89.2 Å². The zero-order valence-electron chi connectivity index (χ0n) is 16.8. The van der Waals surface area contributed by atoms with Gasteiger partial charge in [-0.05, 0) is 66.9 Å². The van der Waals surface area contributed by atoms with Crippen molar-refractivity contribution >= 4 is 28.8 Å². The lowest BCUT2D eigenvalue weighted by Gasteiger charge is -2.10. The second-order valence-electron chi connectivity index (χ2n) is 7.10. The van der Waals surface area contributed by atoms with Crippen LogP contribution >= 0.6 is 11.8 Å². The number of hydrogen-bond acceptors (Lipinski definition) is 4. The molecular weight excluding hydrogens is 399 g/mol. The topological polar surface area (TPSA) is 44.1 Å². The van der Waals surface area contributed by atoms with Gasteiger partial charge >= 0.3 is 5.97 Å². The summed E-state index contributed by atoms with van der Waals surface area (Å²) in [7, 11) is 0. The summed E-state index contributed by atoms with van der Waals surface area (Å²) in [6.07, 6.45) is 0. The van der Waals surface area contributed by atoms with Crippen LogP contribution in [0.3, 0.4) is 0 Å². The summed E-state index contributed by atoms with van der Waals surface area (Å²) in [6.45, 7) is 4.54. The monoisotopic (exact) mass is 420 g/mol. The van der Waals surface area contributed by atoms with Crippen LogP contribution in [0, 0.1) is 19.7 Å². The lowest BCUT2D eigenvalue weighted by atomic mass is 10.1. The zero-order valence-corrected chi connectivity index (χ0v) is 17.6. The quantitative estimate of drug-likeness (QED) is 0.233. The van der Waals surface area contributed by atoms with Crippen LogP contribution in [-0.4, -0.2) is 21.3 Å². The molecule has 0 amide bonds. The van der Waals surface area contributed by atoms with Gasteiger partial charge in [-0.2, -0.15) is 0 Å². The molecule has 1 heterocycles. The number of rotatable bonds is 6. The Kier molecular flexibility index (Phi) is 5.86. The van der Waals surface area contributed by atoms with Crippen molar-refractivity contribution in [2.75, 3.05) is 5.75 Å². The molecule has 0 saturated heterocycles. The van der Waals surface area contributed by atoms with E-state index in [2.05, 4.69) is 4.98 Å². The van der Waals surface area contributed by atoms with E-state index in [1.54, 1.807) is 18.2 Å². The molecule has 0 aliphatic carbocycles. The van der Waals surface area contributed by atoms with Gasteiger partial charge in [-0.1, -0.05) is 42.1 Å². The van der Waals surface area contributed by atoms with Gasteiger partial charge in [0.1, 0.15) is 11.6 Å². The summed E-state index contributed by atoms with van der Waals surface area (Å²) in [4.78, 5) is 17.1. The van der Waals surface area contributed by atoms with Crippen molar-refractivity contribution in [3.63, 3.8) is 0 Å². The fourth-order valence-corrected chi connectivity index (χ4v) is 3.94. The third-order valence-corrected chi connectivity index (χ3v) is 5.85. The summed E-state index contributed by atoms with van der Waals surface area (Å²) >= 11 is 1.33. The number of thioether (sulfide) groups is 1. The van der Waals surface area contributed by atoms with E-state index < -0.39 is 0 Å². The van der Waals surface area contributed by atoms with Crippen LogP contribution in [0.2, 0.25) is 0 Å². The largest absolute Gasteiger partial charge is 0.426 e. The van der Waals surface area contributed by atoms with Gasteiger partial charge in [0.25, 0.3) is 0 Å². The van der Waals surface area contributed by atoms with E-state index in [1.165, 1.54) is 23.9 Å². The SMILES string of the molecule is Cc1ccc(OC(=O)CSc2nc3ccccc3n2Cc2ccc(F)cc2)cc1C. The highest BCUT2D eigenvalue weighted by Crippen LogP contribution is 2.26. The molecule has 0 radical (unpaired) electrons. The van der Waals surface area contributed by atoms with Crippen LogP contribution < -0.4 is 4.74 Å². The maximum Gasteiger partial charge on any atom is 0.321 e. The number of esters is 1. The van der Waals surface area contributed by atoms with E-state index in [9.17, 15) is 9.18 Å². The lowest BCUT2D eigenvalue weighted by molar-refractivity contribution is -0.131. The minimum Gasteiger partial charge on any atom is -0.426 e. The van der Waals surface area contributed by atoms with Gasteiger partial charge in [-0.15, -0.1) is 0 Å². The molecule has 1 aromatic heterocycles. The molecular formula is C24H21FN2O2S. The Morgan fingerprint density at radius 1 is 1.03 bits per heavy atom. The Labute approximate surface area is 178 Å². The molecule has 3 aromatic carbocycles. The average molecular weight is 421 g/mol. The minimum atomic E-state index is -0.330. The number of fused-ring (bicyclic) bond motifs is 1. The molecule has 0 fully saturated rings. The Hall–Kier alpha value is -3.12. The van der Waals surface area contributed by atoms with Gasteiger partial charge in [0, 0.05) is 0 Å². The first-order valence-electron chi connectivity index (χ1n) is 9.60. The molecule has 0 bridgehead atoms. The average Bonchev–Trinajstić information content (AvgIpc) is 3.08. The smallest absolute Gasteiger partial charge is 0.321 e. The van der Waals surface area contributed by atoms with Crippen LogP contribution in [0.4, 0.5) is 4.39 Å². The molecule has 0 spiro atoms. The summed E-state index contributed by atoms with van der Waals surface area (Å²) < 4.78 is 20.8. The molecule has 152 valence electrons. The van der Waals surface area contributed by atoms with Gasteiger partial charge in [-0.3, -0.25) is 4.79 Å². The molecule has 4 rings (SSSR count). The summed E-state index contributed by atoms with van der Waals surface area (Å²) in [6, 6.07) is 19.8. The van der Waals surface area contributed by atoms with Gasteiger partial charge < -0.3 is 9.30 Å². The number of hydrogen-bond donors (Lipinski definition) is 0. The number of nitrogens with zero attached hydrogens (tertiary/aromatic N) is 2. The Morgan fingerprint density at radius 3 is 2.57 bits per heavy atom. The Balaban J connectivity index is 1.52. The molecule has 0 saturated carbocycles. The molecule has 0 aliphatic rings. The summed E-state index contributed by atoms with van der Waals surface area (Å²) in [5.41, 5.74) is 5.00. The number of carbonyl (C=O) groups excluding carboxylic acids is 1. The van der Waals surface area contributed by atoms with E-state index in [1.807, 2.05) is 54.8 Å². The number of aryl methyl sites for hydroxylation is 2. The van der Waals surface area contributed by atoms with Crippen LogP contribution in [0.25, 0.3) is 11.0 Å². The number of halogens is 1. The van der Waals surface area contributed by atoms with Crippen molar-refractivity contribution in [2.45, 2.75) is 25.5 Å². The molecule has 0 N–H and O–H groups in total. The van der Waals surface area contributed by atoms with Crippen molar-refractivity contribution in [1.82, 2.24) is 9.55 Å². The van der Waals surface area contributed by atoms with Crippen LogP contribution in [0.5, 0.6) is 5.75 Å². The van der Waals surface area contributed by atoms with Gasteiger partial charge in [0.05, 0.1) is 23.3 Å². The maximum atomic E-state index is 13.3. The maximum absolute atomic E-state index is 13.3. The fourth-order valence-electron chi connectivity index (χ4n) is 3.15. The summed E-state index contributed by atoms with van der Waals surface area (Å²) in [5, 5.41) is 0.720. The number of para-hydroxylation sites is 2. The van der Waals surface area contributed by atoms with Crippen molar-refractivity contribution < 1.29 is 13.9 Å². The molecule has 0 atom stereocenters. The second-order valence-corrected chi connectivity index (χ2v) is 8.05. The normalized spacial score (nSPS) is 11.0. The van der Waals surface area contributed by atoms with Gasteiger partial charge in [0.15, 0.2) is 5.16 Å². The van der Waals surface area contributed by atoms with Crippen LogP contribution in [-0.2, 0) is 11.3 Å². The van der Waals surface area contributed by atoms with Crippen LogP contribution in [0.1, 0.15) is 16.7 Å². The molecule has 6 heteroatoms. The zero-order chi connectivity index (χ0) is 21.1. The molecule has 30 heavy (non-hydrogen) atoms. The summed E-state index contributed by atoms with van der Waals surface area (Å²) in [5.74, 6) is 0.0877. The Bertz CT molecular complexity index is 1200. The van der Waals surface area contributed by atoms with E-state index in [0.717, 1.165) is 32.9 Å². The van der Waals surface area contributed by atoms with Crippen molar-refractivity contribution in [3.8, 4) is 5.75 Å². The standard InChI is InChI=1S/C24H21FN2O2S/c1-16-7-12-20(13-17(16)2)29-23(28)15-30-24-26-21-5-3-4-6-22(21)27(24)14-18-8-10-19(25)11-9-18/h3-13H,14-15H2,1-2H3. The highest BCUT2D eigenvalue weighted by molar-refractivity contribution is 7.99. The van der Waals surface area contributed by atoms with Crippen LogP contribution in [0.15, 0.2) is 71.9 Å². The fraction of sp³-hybridized carbons (Fsp3) is 0.167. The highest BCUT2D eigenvalue weighted by atomic mass is 32.2. The second kappa shape index (κ2) is 8.71. The number of carbonyl (C=O) groups is 1. The van der Waals surface area contributed by atoms with E-state index in [4.69, 9.17) is 4.74 Å². The van der Waals surface area contributed by atoms with E-state index in [0.29, 0.717) is 12.3 Å². The predicted octanol–water partition coefficient (Wildman–Crippen LogP) is 5.54. The first kappa shape index (κ1) is 20.2. The lowest BCUT2D eigenvalue weighted by Crippen LogP contribution is -2.12.